The van der Waals surface area contributed by atoms with Gasteiger partial charge in [0.1, 0.15) is 0 Å². The number of aromatic nitrogens is 2. The molecule has 0 amide bonds. The molecule has 80 valence electrons. The molecule has 4 heteroatoms. The monoisotopic (exact) mass is 204 g/mol. The first-order chi connectivity index (χ1) is 7.33. The minimum absolute atomic E-state index is 0.283. The van der Waals surface area contributed by atoms with E-state index in [4.69, 9.17) is 5.73 Å². The number of aromatic amines is 1. The van der Waals surface area contributed by atoms with Crippen LogP contribution in [0.5, 0.6) is 0 Å². The molecule has 0 aliphatic rings. The standard InChI is InChI=1S/C11H16N4/c1-2-8(7-12)13-11-14-9-5-3-4-6-10(9)15-11/h3-6,8H,2,7,12H2,1H3,(H2,13,14,15). The van der Waals surface area contributed by atoms with E-state index in [0.29, 0.717) is 6.54 Å². The molecular weight excluding hydrogens is 188 g/mol. The third-order valence-corrected chi connectivity index (χ3v) is 2.51. The minimum atomic E-state index is 0.283. The molecule has 1 unspecified atom stereocenters. The van der Waals surface area contributed by atoms with E-state index in [1.54, 1.807) is 0 Å². The molecule has 0 radical (unpaired) electrons. The Morgan fingerprint density at radius 1 is 1.47 bits per heavy atom. The van der Waals surface area contributed by atoms with Gasteiger partial charge in [-0.05, 0) is 18.6 Å². The van der Waals surface area contributed by atoms with Gasteiger partial charge in [0.15, 0.2) is 0 Å². The molecule has 0 bridgehead atoms. The minimum Gasteiger partial charge on any atom is -0.352 e. The van der Waals surface area contributed by atoms with Crippen LogP contribution in [-0.4, -0.2) is 22.6 Å². The van der Waals surface area contributed by atoms with E-state index in [1.165, 1.54) is 0 Å². The Labute approximate surface area is 88.9 Å². The van der Waals surface area contributed by atoms with E-state index in [0.717, 1.165) is 23.4 Å². The summed E-state index contributed by atoms with van der Waals surface area (Å²) in [6.45, 7) is 2.72. The third-order valence-electron chi connectivity index (χ3n) is 2.51. The highest BCUT2D eigenvalue weighted by Gasteiger charge is 2.06. The molecule has 15 heavy (non-hydrogen) atoms. The maximum atomic E-state index is 5.62. The number of imidazole rings is 1. The number of benzene rings is 1. The molecule has 0 spiro atoms. The number of nitrogens with zero attached hydrogens (tertiary/aromatic N) is 1. The van der Waals surface area contributed by atoms with Crippen LogP contribution in [0.1, 0.15) is 13.3 Å². The van der Waals surface area contributed by atoms with Gasteiger partial charge in [0.2, 0.25) is 5.95 Å². The molecule has 0 aliphatic carbocycles. The van der Waals surface area contributed by atoms with Gasteiger partial charge in [0.25, 0.3) is 0 Å². The Bertz CT molecular complexity index is 398. The Balaban J connectivity index is 2.21. The van der Waals surface area contributed by atoms with Gasteiger partial charge in [0.05, 0.1) is 11.0 Å². The van der Waals surface area contributed by atoms with Crippen molar-refractivity contribution in [2.75, 3.05) is 11.9 Å². The van der Waals surface area contributed by atoms with E-state index < -0.39 is 0 Å². The first-order valence-corrected chi connectivity index (χ1v) is 5.25. The summed E-state index contributed by atoms with van der Waals surface area (Å²) < 4.78 is 0. The number of hydrogen-bond donors (Lipinski definition) is 3. The van der Waals surface area contributed by atoms with Crippen molar-refractivity contribution in [1.82, 2.24) is 9.97 Å². The summed E-state index contributed by atoms with van der Waals surface area (Å²) in [5, 5.41) is 3.28. The van der Waals surface area contributed by atoms with Crippen molar-refractivity contribution in [2.45, 2.75) is 19.4 Å². The van der Waals surface area contributed by atoms with Crippen LogP contribution in [-0.2, 0) is 0 Å². The van der Waals surface area contributed by atoms with Crippen LogP contribution in [0.15, 0.2) is 24.3 Å². The maximum absolute atomic E-state index is 5.62. The lowest BCUT2D eigenvalue weighted by Crippen LogP contribution is -2.28. The van der Waals surface area contributed by atoms with Crippen LogP contribution < -0.4 is 11.1 Å². The lowest BCUT2D eigenvalue weighted by molar-refractivity contribution is 0.698. The van der Waals surface area contributed by atoms with Gasteiger partial charge in [-0.1, -0.05) is 19.1 Å². The second kappa shape index (κ2) is 4.31. The normalized spacial score (nSPS) is 12.9. The Kier molecular flexibility index (Phi) is 2.87. The topological polar surface area (TPSA) is 66.7 Å². The van der Waals surface area contributed by atoms with Crippen molar-refractivity contribution in [2.24, 2.45) is 5.73 Å². The molecule has 4 N–H and O–H groups in total. The lowest BCUT2D eigenvalue weighted by atomic mass is 10.2. The number of para-hydroxylation sites is 2. The van der Waals surface area contributed by atoms with Crippen molar-refractivity contribution >= 4 is 17.0 Å². The van der Waals surface area contributed by atoms with E-state index in [2.05, 4.69) is 22.2 Å². The fourth-order valence-corrected chi connectivity index (χ4v) is 1.54. The number of H-pyrrole nitrogens is 1. The van der Waals surface area contributed by atoms with Gasteiger partial charge >= 0.3 is 0 Å². The molecule has 0 aliphatic heterocycles. The smallest absolute Gasteiger partial charge is 0.201 e. The Morgan fingerprint density at radius 3 is 2.93 bits per heavy atom. The summed E-state index contributed by atoms with van der Waals surface area (Å²) in [7, 11) is 0. The molecule has 2 rings (SSSR count). The zero-order valence-electron chi connectivity index (χ0n) is 8.83. The van der Waals surface area contributed by atoms with Crippen molar-refractivity contribution in [3.63, 3.8) is 0 Å². The first-order valence-electron chi connectivity index (χ1n) is 5.25. The van der Waals surface area contributed by atoms with Crippen molar-refractivity contribution in [1.29, 1.82) is 0 Å². The fourth-order valence-electron chi connectivity index (χ4n) is 1.54. The van der Waals surface area contributed by atoms with Crippen LogP contribution in [0.4, 0.5) is 5.95 Å². The van der Waals surface area contributed by atoms with Crippen molar-refractivity contribution < 1.29 is 0 Å². The number of fused-ring (bicyclic) bond motifs is 1. The van der Waals surface area contributed by atoms with Gasteiger partial charge in [-0.25, -0.2) is 4.98 Å². The first kappa shape index (κ1) is 9.98. The Morgan fingerprint density at radius 2 is 2.27 bits per heavy atom. The molecule has 2 aromatic rings. The molecule has 0 saturated heterocycles. The predicted octanol–water partition coefficient (Wildman–Crippen LogP) is 1.71. The largest absolute Gasteiger partial charge is 0.352 e. The number of nitrogens with two attached hydrogens (primary N) is 1. The summed E-state index contributed by atoms with van der Waals surface area (Å²) >= 11 is 0. The molecule has 0 fully saturated rings. The van der Waals surface area contributed by atoms with Crippen LogP contribution in [0, 0.1) is 0 Å². The van der Waals surface area contributed by atoms with Gasteiger partial charge in [0, 0.05) is 12.6 Å². The average Bonchev–Trinajstić information content (AvgIpc) is 2.68. The van der Waals surface area contributed by atoms with E-state index in [-0.39, 0.29) is 6.04 Å². The third kappa shape index (κ3) is 2.10. The maximum Gasteiger partial charge on any atom is 0.201 e. The van der Waals surface area contributed by atoms with Gasteiger partial charge < -0.3 is 16.0 Å². The van der Waals surface area contributed by atoms with Crippen molar-refractivity contribution in [3.05, 3.63) is 24.3 Å². The average molecular weight is 204 g/mol. The van der Waals surface area contributed by atoms with Crippen LogP contribution >= 0.6 is 0 Å². The second-order valence-corrected chi connectivity index (χ2v) is 3.59. The fraction of sp³-hybridized carbons (Fsp3) is 0.364. The van der Waals surface area contributed by atoms with Gasteiger partial charge in [-0.2, -0.15) is 0 Å². The zero-order chi connectivity index (χ0) is 10.7. The zero-order valence-corrected chi connectivity index (χ0v) is 8.83. The van der Waals surface area contributed by atoms with Gasteiger partial charge in [-0.15, -0.1) is 0 Å². The predicted molar refractivity (Wildman–Crippen MR) is 62.8 cm³/mol. The molecule has 1 heterocycles. The highest BCUT2D eigenvalue weighted by atomic mass is 15.1. The van der Waals surface area contributed by atoms with E-state index in [9.17, 15) is 0 Å². The number of nitrogens with one attached hydrogen (secondary N) is 2. The lowest BCUT2D eigenvalue weighted by Gasteiger charge is -2.12. The summed E-state index contributed by atoms with van der Waals surface area (Å²) in [6.07, 6.45) is 0.994. The summed E-state index contributed by atoms with van der Waals surface area (Å²) in [5.41, 5.74) is 7.65. The second-order valence-electron chi connectivity index (χ2n) is 3.59. The molecular formula is C11H16N4. The van der Waals surface area contributed by atoms with Crippen LogP contribution in [0.2, 0.25) is 0 Å². The number of rotatable bonds is 4. The van der Waals surface area contributed by atoms with Crippen molar-refractivity contribution in [3.8, 4) is 0 Å². The highest BCUT2D eigenvalue weighted by molar-refractivity contribution is 5.77. The SMILES string of the molecule is CCC(CN)Nc1nc2ccccc2[nH]1. The summed E-state index contributed by atoms with van der Waals surface area (Å²) in [5.74, 6) is 0.800. The summed E-state index contributed by atoms with van der Waals surface area (Å²) in [6, 6.07) is 8.25. The quantitative estimate of drug-likeness (QED) is 0.710. The van der Waals surface area contributed by atoms with Crippen LogP contribution in [0.25, 0.3) is 11.0 Å². The molecule has 1 aromatic carbocycles. The highest BCUT2D eigenvalue weighted by Crippen LogP contribution is 2.14. The van der Waals surface area contributed by atoms with Crippen LogP contribution in [0.3, 0.4) is 0 Å². The van der Waals surface area contributed by atoms with Gasteiger partial charge in [-0.3, -0.25) is 0 Å². The molecule has 0 saturated carbocycles. The van der Waals surface area contributed by atoms with E-state index in [1.807, 2.05) is 24.3 Å². The molecule has 1 aromatic heterocycles. The number of hydrogen-bond acceptors (Lipinski definition) is 3. The summed E-state index contributed by atoms with van der Waals surface area (Å²) in [4.78, 5) is 7.64. The molecule has 4 nitrogen and oxygen atoms in total. The number of anilines is 1. The molecule has 1 atom stereocenters. The Hall–Kier alpha value is -1.55. The van der Waals surface area contributed by atoms with E-state index >= 15 is 0 Å².